The summed E-state index contributed by atoms with van der Waals surface area (Å²) < 4.78 is 0. The topological polar surface area (TPSA) is 119 Å². The van der Waals surface area contributed by atoms with Crippen molar-refractivity contribution in [2.45, 2.75) is 119 Å². The van der Waals surface area contributed by atoms with Crippen LogP contribution in [-0.4, -0.2) is 46.6 Å². The number of hydrogen-bond donors (Lipinski definition) is 3. The summed E-state index contributed by atoms with van der Waals surface area (Å²) in [7, 11) is -2.92. The van der Waals surface area contributed by atoms with Crippen molar-refractivity contribution in [1.29, 1.82) is 0 Å². The predicted molar refractivity (Wildman–Crippen MR) is 130 cm³/mol. The normalized spacial score (nSPS) is 9.58. The summed E-state index contributed by atoms with van der Waals surface area (Å²) >= 11 is 0. The van der Waals surface area contributed by atoms with Crippen molar-refractivity contribution >= 4 is 7.32 Å². The zero-order valence-electron chi connectivity index (χ0n) is 22.3. The summed E-state index contributed by atoms with van der Waals surface area (Å²) in [6.45, 7) is 21.4. The van der Waals surface area contributed by atoms with Gasteiger partial charge in [-0.1, -0.05) is 80.1 Å². The summed E-state index contributed by atoms with van der Waals surface area (Å²) in [5.41, 5.74) is 0. The molecule has 192 valence electrons. The lowest BCUT2D eigenvalue weighted by Gasteiger charge is -2.35. The number of rotatable bonds is 18. The molecule has 0 saturated carbocycles. The van der Waals surface area contributed by atoms with Crippen LogP contribution in [0.3, 0.4) is 0 Å². The molecule has 0 aliphatic rings. The number of quaternary nitrogens is 3. The Morgan fingerprint density at radius 3 is 0.613 bits per heavy atom. The number of unbranched alkanes of at least 4 members (excludes halogenated alkanes) is 6. The highest BCUT2D eigenvalue weighted by Gasteiger charge is 1.88. The van der Waals surface area contributed by atoms with Gasteiger partial charge in [0.25, 0.3) is 0 Å². The summed E-state index contributed by atoms with van der Waals surface area (Å²) in [5.74, 6) is 0. The van der Waals surface area contributed by atoms with E-state index in [0.29, 0.717) is 0 Å². The Balaban J connectivity index is -0.000000162. The first-order valence-electron chi connectivity index (χ1n) is 13.4. The number of hydrogen-bond acceptors (Lipinski definition) is 3. The standard InChI is InChI=1S/3C8H19N.BO3/c3*1-3-5-7-9-8-6-4-2;2-1(3)4/h3*9H,3-8H2,1-2H3;/q;;;-3/p+3. The van der Waals surface area contributed by atoms with Crippen LogP contribution in [0.25, 0.3) is 0 Å². The van der Waals surface area contributed by atoms with Crippen LogP contribution in [0.4, 0.5) is 0 Å². The van der Waals surface area contributed by atoms with Gasteiger partial charge < -0.3 is 31.0 Å². The maximum Gasteiger partial charge on any atom is 0.0755 e. The van der Waals surface area contributed by atoms with Gasteiger partial charge in [-0.05, 0) is 38.5 Å². The molecule has 0 aromatic rings. The fourth-order valence-electron chi connectivity index (χ4n) is 2.52. The van der Waals surface area contributed by atoms with Gasteiger partial charge in [-0.2, -0.15) is 0 Å². The lowest BCUT2D eigenvalue weighted by atomic mass is 10.3. The fourth-order valence-corrected chi connectivity index (χ4v) is 2.52. The molecule has 6 nitrogen and oxygen atoms in total. The molecular weight excluding hydrogens is 389 g/mol. The van der Waals surface area contributed by atoms with Crippen LogP contribution in [-0.2, 0) is 0 Å². The van der Waals surface area contributed by atoms with Gasteiger partial charge in [0.1, 0.15) is 0 Å². The minimum absolute atomic E-state index is 1.33. The van der Waals surface area contributed by atoms with Gasteiger partial charge in [0.15, 0.2) is 0 Å². The first-order valence-corrected chi connectivity index (χ1v) is 13.4. The third kappa shape index (κ3) is 72.7. The van der Waals surface area contributed by atoms with Crippen LogP contribution in [0.15, 0.2) is 0 Å². The quantitative estimate of drug-likeness (QED) is 0.193. The lowest BCUT2D eigenvalue weighted by Crippen LogP contribution is -2.84. The van der Waals surface area contributed by atoms with Crippen molar-refractivity contribution < 1.29 is 31.0 Å². The predicted octanol–water partition coefficient (Wildman–Crippen LogP) is -0.498. The van der Waals surface area contributed by atoms with E-state index in [2.05, 4.69) is 57.5 Å². The van der Waals surface area contributed by atoms with E-state index < -0.39 is 7.32 Å². The Hall–Kier alpha value is -0.175. The van der Waals surface area contributed by atoms with Crippen LogP contribution >= 0.6 is 0 Å². The molecule has 0 saturated heterocycles. The van der Waals surface area contributed by atoms with Crippen molar-refractivity contribution in [2.75, 3.05) is 39.3 Å². The van der Waals surface area contributed by atoms with Crippen molar-refractivity contribution in [1.82, 2.24) is 0 Å². The summed E-state index contributed by atoms with van der Waals surface area (Å²) in [5, 5.41) is 32.5. The first-order chi connectivity index (χ1) is 15.0. The smallest absolute Gasteiger partial charge is 0.0755 e. The van der Waals surface area contributed by atoms with Crippen LogP contribution in [0, 0.1) is 0 Å². The molecule has 0 heterocycles. The van der Waals surface area contributed by atoms with E-state index in [-0.39, 0.29) is 0 Å². The van der Waals surface area contributed by atoms with Crippen molar-refractivity contribution in [2.24, 2.45) is 0 Å². The van der Waals surface area contributed by atoms with E-state index in [1.807, 2.05) is 0 Å². The van der Waals surface area contributed by atoms with Gasteiger partial charge in [0.05, 0.1) is 39.3 Å². The first kappa shape index (κ1) is 38.1. The average Bonchev–Trinajstić information content (AvgIpc) is 2.74. The minimum Gasteiger partial charge on any atom is -0.907 e. The molecule has 0 rings (SSSR count). The Morgan fingerprint density at radius 1 is 0.387 bits per heavy atom. The van der Waals surface area contributed by atoms with E-state index in [4.69, 9.17) is 15.1 Å². The van der Waals surface area contributed by atoms with Crippen LogP contribution in [0.1, 0.15) is 119 Å². The van der Waals surface area contributed by atoms with E-state index in [0.717, 1.165) is 0 Å². The summed E-state index contributed by atoms with van der Waals surface area (Å²) in [6, 6.07) is 0. The molecule has 0 aromatic carbocycles. The Morgan fingerprint density at radius 2 is 0.516 bits per heavy atom. The van der Waals surface area contributed by atoms with Gasteiger partial charge in [-0.15, -0.1) is 0 Å². The van der Waals surface area contributed by atoms with Gasteiger partial charge in [-0.3, -0.25) is 7.32 Å². The molecule has 0 bridgehead atoms. The molecule has 31 heavy (non-hydrogen) atoms. The molecule has 0 amide bonds. The maximum atomic E-state index is 8.42. The largest absolute Gasteiger partial charge is 0.907 e. The van der Waals surface area contributed by atoms with Crippen molar-refractivity contribution in [3.63, 3.8) is 0 Å². The van der Waals surface area contributed by atoms with Crippen LogP contribution in [0.5, 0.6) is 0 Å². The van der Waals surface area contributed by atoms with Gasteiger partial charge in [-0.25, -0.2) is 0 Å². The second kappa shape index (κ2) is 43.7. The Bertz CT molecular complexity index is 198. The highest BCUT2D eigenvalue weighted by Crippen LogP contribution is 1.81. The molecule has 0 aromatic heterocycles. The molecule has 6 N–H and O–H groups in total. The van der Waals surface area contributed by atoms with Crippen LogP contribution < -0.4 is 31.0 Å². The van der Waals surface area contributed by atoms with E-state index >= 15 is 0 Å². The molecule has 0 aliphatic carbocycles. The maximum absolute atomic E-state index is 8.42. The van der Waals surface area contributed by atoms with Gasteiger partial charge in [0, 0.05) is 0 Å². The zero-order valence-corrected chi connectivity index (χ0v) is 22.3. The second-order valence-corrected chi connectivity index (χ2v) is 8.01. The van der Waals surface area contributed by atoms with E-state index in [9.17, 15) is 0 Å². The third-order valence-corrected chi connectivity index (χ3v) is 4.57. The molecular formula is C24H60BN3O3. The second-order valence-electron chi connectivity index (χ2n) is 8.01. The van der Waals surface area contributed by atoms with Crippen molar-refractivity contribution in [3.8, 4) is 0 Å². The zero-order chi connectivity index (χ0) is 24.4. The summed E-state index contributed by atoms with van der Waals surface area (Å²) in [4.78, 5) is 0. The molecule has 7 heteroatoms. The highest BCUT2D eigenvalue weighted by molar-refractivity contribution is 6.24. The molecule has 0 aliphatic heterocycles. The Kier molecular flexibility index (Phi) is 53.7. The van der Waals surface area contributed by atoms with E-state index in [1.165, 1.54) is 116 Å². The van der Waals surface area contributed by atoms with Crippen molar-refractivity contribution in [3.05, 3.63) is 0 Å². The van der Waals surface area contributed by atoms with Gasteiger partial charge in [0.2, 0.25) is 0 Å². The highest BCUT2D eigenvalue weighted by atomic mass is 16.5. The average molecular weight is 450 g/mol. The SMILES string of the molecule is CCCC[NH2+]CCCC.CCCC[NH2+]CCCC.CCCC[NH2+]CCCC.[O-]B([O-])[O-]. The third-order valence-electron chi connectivity index (χ3n) is 4.57. The van der Waals surface area contributed by atoms with Crippen LogP contribution in [0.2, 0.25) is 0 Å². The fraction of sp³-hybridized carbons (Fsp3) is 1.00. The molecule has 0 unspecified atom stereocenters. The number of nitrogens with two attached hydrogens (primary N) is 3. The summed E-state index contributed by atoms with van der Waals surface area (Å²) in [6.07, 6.45) is 16.3. The van der Waals surface area contributed by atoms with E-state index in [1.54, 1.807) is 0 Å². The molecule has 0 spiro atoms. The monoisotopic (exact) mass is 449 g/mol. The molecule has 0 atom stereocenters. The Labute approximate surface area is 196 Å². The molecule has 0 radical (unpaired) electrons. The van der Waals surface area contributed by atoms with Gasteiger partial charge >= 0.3 is 0 Å². The minimum atomic E-state index is -2.92. The lowest BCUT2D eigenvalue weighted by molar-refractivity contribution is -0.655. The molecule has 0 fully saturated rings.